The first kappa shape index (κ1) is 85.1. The zero-order valence-electron chi connectivity index (χ0n) is 57.2. The first-order valence-electron chi connectivity index (χ1n) is 36.1. The molecule has 0 spiro atoms. The van der Waals surface area contributed by atoms with Crippen LogP contribution in [0.25, 0.3) is 0 Å². The van der Waals surface area contributed by atoms with Crippen LogP contribution in [0.4, 0.5) is 0 Å². The molecule has 1 amide bonds. The van der Waals surface area contributed by atoms with Gasteiger partial charge in [-0.05, 0) is 64.2 Å². The van der Waals surface area contributed by atoms with Crippen LogP contribution >= 0.6 is 15.6 Å². The predicted molar refractivity (Wildman–Crippen MR) is 355 cm³/mol. The van der Waals surface area contributed by atoms with E-state index in [1.54, 1.807) is 7.11 Å². The number of carbonyl (C=O) groups is 1. The van der Waals surface area contributed by atoms with Gasteiger partial charge in [0.15, 0.2) is 12.6 Å². The Balaban J connectivity index is 2.42. The zero-order valence-corrected chi connectivity index (χ0v) is 59.0. The molecule has 2 saturated heterocycles. The van der Waals surface area contributed by atoms with Gasteiger partial charge in [-0.2, -0.15) is 0 Å². The molecule has 2 fully saturated rings. The second kappa shape index (κ2) is 55.1. The average molecular weight is 1330 g/mol. The highest BCUT2D eigenvalue weighted by Gasteiger charge is 2.53. The van der Waals surface area contributed by atoms with Crippen molar-refractivity contribution in [1.29, 1.82) is 0 Å². The largest absolute Gasteiger partial charge is 0.472 e. The van der Waals surface area contributed by atoms with Gasteiger partial charge in [0, 0.05) is 40.5 Å². The third kappa shape index (κ3) is 42.6. The third-order valence-corrected chi connectivity index (χ3v) is 18.4. The number of amides is 1. The number of phosphoric acid groups is 2. The molecule has 0 saturated carbocycles. The van der Waals surface area contributed by atoms with E-state index in [-0.39, 0.29) is 45.4 Å². The fourth-order valence-corrected chi connectivity index (χ4v) is 13.1. The van der Waals surface area contributed by atoms with Crippen LogP contribution in [0.2, 0.25) is 0 Å². The van der Waals surface area contributed by atoms with Gasteiger partial charge in [-0.3, -0.25) is 13.8 Å². The number of ether oxygens (including phenoxy) is 8. The molecule has 0 aliphatic carbocycles. The molecule has 0 radical (unpaired) electrons. The van der Waals surface area contributed by atoms with Crippen molar-refractivity contribution in [3.63, 3.8) is 0 Å². The van der Waals surface area contributed by atoms with Crippen LogP contribution in [0.3, 0.4) is 0 Å². The van der Waals surface area contributed by atoms with Gasteiger partial charge in [-0.1, -0.05) is 239 Å². The maximum absolute atomic E-state index is 14.1. The Morgan fingerprint density at radius 2 is 0.911 bits per heavy atom. The van der Waals surface area contributed by atoms with Crippen molar-refractivity contribution in [3.8, 4) is 0 Å². The molecule has 534 valence electrons. The van der Waals surface area contributed by atoms with E-state index in [1.807, 2.05) is 0 Å². The van der Waals surface area contributed by atoms with E-state index in [0.717, 1.165) is 141 Å². The van der Waals surface area contributed by atoms with E-state index < -0.39 is 95.6 Å². The average Bonchev–Trinajstić information content (AvgIpc) is 0.844. The summed E-state index contributed by atoms with van der Waals surface area (Å²) in [4.78, 5) is 55.4. The summed E-state index contributed by atoms with van der Waals surface area (Å²) in [6.07, 6.45) is 33.5. The molecule has 90 heavy (non-hydrogen) atoms. The highest BCUT2D eigenvalue weighted by Crippen LogP contribution is 2.44. The van der Waals surface area contributed by atoms with Crippen LogP contribution in [-0.4, -0.2) is 157 Å². The number of nitrogens with one attached hydrogen (secondary N) is 1. The molecule has 2 aliphatic heterocycles. The first-order valence-corrected chi connectivity index (χ1v) is 39.2. The number of methoxy groups -OCH3 is 2. The van der Waals surface area contributed by atoms with Crippen molar-refractivity contribution in [1.82, 2.24) is 5.32 Å². The van der Waals surface area contributed by atoms with Crippen LogP contribution in [-0.2, 0) is 60.9 Å². The van der Waals surface area contributed by atoms with Crippen LogP contribution < -0.4 is 5.32 Å². The molecular weight excluding hydrogens is 1200 g/mol. The fourth-order valence-electron chi connectivity index (χ4n) is 12.1. The van der Waals surface area contributed by atoms with Crippen molar-refractivity contribution in [3.05, 3.63) is 12.2 Å². The lowest BCUT2D eigenvalue weighted by molar-refractivity contribution is -0.319. The Hall–Kier alpha value is -0.970. The van der Waals surface area contributed by atoms with E-state index >= 15 is 0 Å². The molecule has 7 N–H and O–H groups in total. The van der Waals surface area contributed by atoms with Gasteiger partial charge in [-0.25, -0.2) is 9.13 Å². The molecule has 0 unspecified atom stereocenters. The maximum Gasteiger partial charge on any atom is 0.472 e. The van der Waals surface area contributed by atoms with Crippen molar-refractivity contribution in [2.75, 3.05) is 47.3 Å². The Labute approximate surface area is 545 Å². The highest BCUT2D eigenvalue weighted by molar-refractivity contribution is 7.46. The van der Waals surface area contributed by atoms with E-state index in [2.05, 4.69) is 45.2 Å². The summed E-state index contributed by atoms with van der Waals surface area (Å²) < 4.78 is 86.0. The number of allylic oxidation sites excluding steroid dienone is 2. The predicted octanol–water partition coefficient (Wildman–Crippen LogP) is 15.1. The summed E-state index contributed by atoms with van der Waals surface area (Å²) in [6.45, 7) is 8.18. The monoisotopic (exact) mass is 1330 g/mol. The molecule has 12 atom stereocenters. The number of rotatable bonds is 62. The zero-order chi connectivity index (χ0) is 65.9. The highest BCUT2D eigenvalue weighted by atomic mass is 31.2. The third-order valence-electron chi connectivity index (χ3n) is 17.4. The fraction of sp³-hybridized carbons (Fsp3) is 0.956. The summed E-state index contributed by atoms with van der Waals surface area (Å²) >= 11 is 0. The summed E-state index contributed by atoms with van der Waals surface area (Å²) in [7, 11) is -7.52. The first-order chi connectivity index (χ1) is 43.5. The summed E-state index contributed by atoms with van der Waals surface area (Å²) in [5.41, 5.74) is 0. The van der Waals surface area contributed by atoms with Gasteiger partial charge in [0.2, 0.25) is 5.91 Å². The number of phosphoric ester groups is 2. The molecule has 22 heteroatoms. The normalized spacial score (nSPS) is 23.2. The SMILES string of the molecule is CCCCCC/C=C\CCCCCCCCCC(=O)N[C@H]1[C@H](OC[C@H]2O[C@H](OP(=O)(O)O)[C@H](OCC[C@H](O)CCCCCCCCCCC)[C@@H](OCCCCCCCCCCCC)[C@@H]2O)O[C@H](COC)[C@@H](OP(=O)(O)O)[C@@H]1OCC[C@@H](CCCCCCC)OC. The van der Waals surface area contributed by atoms with Gasteiger partial charge >= 0.3 is 15.6 Å². The van der Waals surface area contributed by atoms with Crippen molar-refractivity contribution in [2.45, 2.75) is 371 Å². The van der Waals surface area contributed by atoms with Crippen LogP contribution in [0.1, 0.15) is 297 Å². The summed E-state index contributed by atoms with van der Waals surface area (Å²) in [6, 6.07) is -1.27. The molecule has 20 nitrogen and oxygen atoms in total. The van der Waals surface area contributed by atoms with E-state index in [9.17, 15) is 43.7 Å². The molecule has 2 rings (SSSR count). The molecule has 2 heterocycles. The lowest BCUT2D eigenvalue weighted by Gasteiger charge is -2.47. The smallest absolute Gasteiger partial charge is 0.393 e. The van der Waals surface area contributed by atoms with Crippen LogP contribution in [0, 0.1) is 0 Å². The molecule has 0 aromatic heterocycles. The maximum atomic E-state index is 14.1. The van der Waals surface area contributed by atoms with E-state index in [1.165, 1.54) is 97.0 Å². The molecular formula is C68H133NO19P2. The van der Waals surface area contributed by atoms with Gasteiger partial charge in [-0.15, -0.1) is 0 Å². The molecule has 0 aromatic carbocycles. The number of hydrogen-bond acceptors (Lipinski definition) is 15. The van der Waals surface area contributed by atoms with Gasteiger partial charge in [0.05, 0.1) is 25.4 Å². The molecule has 2 aliphatic rings. The van der Waals surface area contributed by atoms with Crippen molar-refractivity contribution in [2.24, 2.45) is 0 Å². The Morgan fingerprint density at radius 3 is 1.43 bits per heavy atom. The minimum absolute atomic E-state index is 0.0366. The Morgan fingerprint density at radius 1 is 0.467 bits per heavy atom. The minimum atomic E-state index is -5.29. The number of hydrogen-bond donors (Lipinski definition) is 7. The number of carbonyl (C=O) groups excluding carboxylic acids is 1. The second-order valence-electron chi connectivity index (χ2n) is 25.5. The van der Waals surface area contributed by atoms with Crippen molar-refractivity contribution < 1.29 is 90.7 Å². The van der Waals surface area contributed by atoms with Crippen LogP contribution in [0.15, 0.2) is 12.2 Å². The summed E-state index contributed by atoms with van der Waals surface area (Å²) in [5.74, 6) is -0.392. The van der Waals surface area contributed by atoms with Gasteiger partial charge in [0.1, 0.15) is 48.8 Å². The summed E-state index contributed by atoms with van der Waals surface area (Å²) in [5, 5.41) is 26.3. The van der Waals surface area contributed by atoms with Crippen molar-refractivity contribution >= 4 is 21.6 Å². The molecule has 0 bridgehead atoms. The lowest BCUT2D eigenvalue weighted by atomic mass is 9.95. The Bertz CT molecular complexity index is 1800. The lowest BCUT2D eigenvalue weighted by Crippen LogP contribution is -2.67. The standard InChI is InChI=1S/C68H133NO19P2/c1-7-11-15-19-22-25-27-28-29-30-31-33-36-40-44-48-60(71)69-61-64(82-53-50-57(80-6)47-43-38-18-14-10-4)63(87-89(73,74)75)59(54-79-5)86-67(61)84-55-58-62(72)65(81-51-45-41-37-34-26-23-20-16-12-8-2)66(68(85-58)88-90(76,77)78)83-52-49-56(70)46-42-39-35-32-24-21-17-13-9-3/h25,27,56-59,61-68,70,72H,7-24,26,28-55H2,1-6H3,(H,69,71)(H2,73,74,75)(H2,76,77,78)/b27-25-/t56-,57-,58-,59-,61-,62-,63-,64-,65+,66-,67-,68-/m1/s1. The minimum Gasteiger partial charge on any atom is -0.393 e. The quantitative estimate of drug-likeness (QED) is 0.0169. The van der Waals surface area contributed by atoms with E-state index in [4.69, 9.17) is 46.9 Å². The van der Waals surface area contributed by atoms with Gasteiger partial charge < -0.3 is 73.0 Å². The Kier molecular flexibility index (Phi) is 52.1. The number of aliphatic hydroxyl groups excluding tert-OH is 2. The van der Waals surface area contributed by atoms with Crippen LogP contribution in [0.5, 0.6) is 0 Å². The van der Waals surface area contributed by atoms with E-state index in [0.29, 0.717) is 25.7 Å². The second-order valence-corrected chi connectivity index (χ2v) is 27.9. The topological polar surface area (TPSA) is 277 Å². The number of aliphatic hydroxyl groups is 2. The molecule has 0 aromatic rings. The van der Waals surface area contributed by atoms with Gasteiger partial charge in [0.25, 0.3) is 0 Å². The number of unbranched alkanes of at least 4 members (excludes halogenated alkanes) is 32.